The van der Waals surface area contributed by atoms with Crippen LogP contribution in [0.3, 0.4) is 0 Å². The molecule has 0 saturated heterocycles. The molecule has 0 aromatic carbocycles. The van der Waals surface area contributed by atoms with Gasteiger partial charge in [-0.3, -0.25) is 4.79 Å². The molecule has 106 valence electrons. The normalized spacial score (nSPS) is 23.9. The minimum absolute atomic E-state index is 0.103. The fraction of sp³-hybridized carbons (Fsp3) is 0.929. The average Bonchev–Trinajstić information content (AvgIpc) is 2.41. The summed E-state index contributed by atoms with van der Waals surface area (Å²) >= 11 is 0. The van der Waals surface area contributed by atoms with Gasteiger partial charge in [-0.05, 0) is 25.2 Å². The molecule has 1 aliphatic carbocycles. The quantitative estimate of drug-likeness (QED) is 0.650. The molecule has 0 aromatic rings. The third-order valence-corrected chi connectivity index (χ3v) is 3.81. The number of rotatable bonds is 8. The summed E-state index contributed by atoms with van der Waals surface area (Å²) in [7, 11) is 1.68. The molecular weight excluding hydrogens is 228 g/mol. The Morgan fingerprint density at radius 1 is 1.33 bits per heavy atom. The first-order valence-electron chi connectivity index (χ1n) is 7.27. The van der Waals surface area contributed by atoms with E-state index in [1.165, 1.54) is 32.1 Å². The number of carbonyl (C=O) groups excluding carboxylic acids is 1. The van der Waals surface area contributed by atoms with Crippen molar-refractivity contribution in [2.75, 3.05) is 26.8 Å². The number of hydrogen-bond donors (Lipinski definition) is 2. The average molecular weight is 256 g/mol. The second-order valence-corrected chi connectivity index (χ2v) is 5.14. The zero-order chi connectivity index (χ0) is 13.2. The van der Waals surface area contributed by atoms with Crippen LogP contribution in [0, 0.1) is 5.92 Å². The smallest absolute Gasteiger partial charge is 0.233 e. The zero-order valence-electron chi connectivity index (χ0n) is 11.8. The van der Waals surface area contributed by atoms with E-state index >= 15 is 0 Å². The topological polar surface area (TPSA) is 50.4 Å². The lowest BCUT2D eigenvalue weighted by atomic mass is 9.83. The van der Waals surface area contributed by atoms with Crippen LogP contribution in [0.5, 0.6) is 0 Å². The van der Waals surface area contributed by atoms with Gasteiger partial charge in [0, 0.05) is 26.3 Å². The lowest BCUT2D eigenvalue weighted by Crippen LogP contribution is -2.44. The lowest BCUT2D eigenvalue weighted by molar-refractivity contribution is -0.120. The summed E-state index contributed by atoms with van der Waals surface area (Å²) in [5.74, 6) is 0.853. The Kier molecular flexibility index (Phi) is 8.01. The largest absolute Gasteiger partial charge is 0.385 e. The van der Waals surface area contributed by atoms with E-state index in [9.17, 15) is 4.79 Å². The van der Waals surface area contributed by atoms with Crippen LogP contribution in [-0.4, -0.2) is 38.8 Å². The van der Waals surface area contributed by atoms with Gasteiger partial charge in [-0.2, -0.15) is 0 Å². The summed E-state index contributed by atoms with van der Waals surface area (Å²) in [6.45, 7) is 4.11. The summed E-state index contributed by atoms with van der Waals surface area (Å²) in [5.41, 5.74) is 0. The number of carbonyl (C=O) groups is 1. The molecule has 0 spiro atoms. The second-order valence-electron chi connectivity index (χ2n) is 5.14. The Morgan fingerprint density at radius 2 is 2.11 bits per heavy atom. The van der Waals surface area contributed by atoms with E-state index in [2.05, 4.69) is 17.6 Å². The van der Waals surface area contributed by atoms with Crippen molar-refractivity contribution in [1.82, 2.24) is 10.6 Å². The van der Waals surface area contributed by atoms with Gasteiger partial charge in [0.1, 0.15) is 0 Å². The van der Waals surface area contributed by atoms with Crippen molar-refractivity contribution in [3.8, 4) is 0 Å². The third kappa shape index (κ3) is 5.83. The van der Waals surface area contributed by atoms with E-state index in [0.717, 1.165) is 12.3 Å². The molecule has 18 heavy (non-hydrogen) atoms. The summed E-state index contributed by atoms with van der Waals surface area (Å²) in [5, 5.41) is 6.33. The number of nitrogens with one attached hydrogen (secondary N) is 2. The van der Waals surface area contributed by atoms with Crippen LogP contribution in [0.4, 0.5) is 0 Å². The highest BCUT2D eigenvalue weighted by Crippen LogP contribution is 2.26. The molecule has 0 radical (unpaired) electrons. The minimum atomic E-state index is 0.103. The number of methoxy groups -OCH3 is 1. The molecule has 4 nitrogen and oxygen atoms in total. The number of amides is 1. The Bertz CT molecular complexity index is 234. The molecule has 0 bridgehead atoms. The Balaban J connectivity index is 2.12. The van der Waals surface area contributed by atoms with E-state index in [-0.39, 0.29) is 5.91 Å². The summed E-state index contributed by atoms with van der Waals surface area (Å²) < 4.78 is 4.94. The van der Waals surface area contributed by atoms with Gasteiger partial charge in [-0.25, -0.2) is 0 Å². The lowest BCUT2D eigenvalue weighted by Gasteiger charge is -2.31. The van der Waals surface area contributed by atoms with Crippen LogP contribution in [0.2, 0.25) is 0 Å². The van der Waals surface area contributed by atoms with Crippen LogP contribution < -0.4 is 10.6 Å². The van der Waals surface area contributed by atoms with Crippen molar-refractivity contribution in [3.05, 3.63) is 0 Å². The van der Waals surface area contributed by atoms with E-state index < -0.39 is 0 Å². The highest BCUT2D eigenvalue weighted by Gasteiger charge is 2.23. The summed E-state index contributed by atoms with van der Waals surface area (Å²) in [6, 6.07) is 0.536. The van der Waals surface area contributed by atoms with E-state index in [1.807, 2.05) is 0 Å². The van der Waals surface area contributed by atoms with Gasteiger partial charge in [0.05, 0.1) is 6.54 Å². The molecule has 1 rings (SSSR count). The standard InChI is InChI=1S/C14H28N2O2/c1-3-12-7-4-5-8-13(12)16-11-14(17)15-9-6-10-18-2/h12-13,16H,3-11H2,1-2H3,(H,15,17). The molecule has 1 fully saturated rings. The Morgan fingerprint density at radius 3 is 2.83 bits per heavy atom. The first-order chi connectivity index (χ1) is 8.77. The summed E-state index contributed by atoms with van der Waals surface area (Å²) in [6.07, 6.45) is 7.26. The van der Waals surface area contributed by atoms with Crippen molar-refractivity contribution in [2.24, 2.45) is 5.92 Å². The maximum atomic E-state index is 11.6. The summed E-state index contributed by atoms with van der Waals surface area (Å²) in [4.78, 5) is 11.6. The Hall–Kier alpha value is -0.610. The molecule has 2 unspecified atom stereocenters. The van der Waals surface area contributed by atoms with Crippen molar-refractivity contribution < 1.29 is 9.53 Å². The first kappa shape index (κ1) is 15.4. The fourth-order valence-electron chi connectivity index (χ4n) is 2.70. The monoisotopic (exact) mass is 256 g/mol. The zero-order valence-corrected chi connectivity index (χ0v) is 11.8. The van der Waals surface area contributed by atoms with Crippen LogP contribution in [-0.2, 0) is 9.53 Å². The molecule has 0 aliphatic heterocycles. The maximum Gasteiger partial charge on any atom is 0.233 e. The molecule has 2 N–H and O–H groups in total. The molecule has 2 atom stereocenters. The van der Waals surface area contributed by atoms with Gasteiger partial charge in [-0.15, -0.1) is 0 Å². The molecule has 1 saturated carbocycles. The molecule has 0 heterocycles. The number of ether oxygens (including phenoxy) is 1. The Labute approximate surface area is 111 Å². The van der Waals surface area contributed by atoms with Crippen molar-refractivity contribution in [3.63, 3.8) is 0 Å². The number of hydrogen-bond acceptors (Lipinski definition) is 3. The highest BCUT2D eigenvalue weighted by atomic mass is 16.5. The van der Waals surface area contributed by atoms with Gasteiger partial charge in [0.15, 0.2) is 0 Å². The molecule has 1 amide bonds. The van der Waals surface area contributed by atoms with Crippen molar-refractivity contribution in [1.29, 1.82) is 0 Å². The maximum absolute atomic E-state index is 11.6. The van der Waals surface area contributed by atoms with Gasteiger partial charge in [0.25, 0.3) is 0 Å². The predicted molar refractivity (Wildman–Crippen MR) is 73.5 cm³/mol. The van der Waals surface area contributed by atoms with Crippen LogP contribution in [0.1, 0.15) is 45.4 Å². The van der Waals surface area contributed by atoms with Crippen LogP contribution in [0.15, 0.2) is 0 Å². The second kappa shape index (κ2) is 9.34. The molecule has 1 aliphatic rings. The third-order valence-electron chi connectivity index (χ3n) is 3.81. The van der Waals surface area contributed by atoms with E-state index in [4.69, 9.17) is 4.74 Å². The minimum Gasteiger partial charge on any atom is -0.385 e. The van der Waals surface area contributed by atoms with Crippen molar-refractivity contribution in [2.45, 2.75) is 51.5 Å². The van der Waals surface area contributed by atoms with E-state index in [1.54, 1.807) is 7.11 Å². The van der Waals surface area contributed by atoms with Crippen molar-refractivity contribution >= 4 is 5.91 Å². The first-order valence-corrected chi connectivity index (χ1v) is 7.27. The van der Waals surface area contributed by atoms with Crippen LogP contribution >= 0.6 is 0 Å². The predicted octanol–water partition coefficient (Wildman–Crippen LogP) is 1.70. The fourth-order valence-corrected chi connectivity index (χ4v) is 2.70. The van der Waals surface area contributed by atoms with Gasteiger partial charge >= 0.3 is 0 Å². The molecule has 0 aromatic heterocycles. The molecule has 4 heteroatoms. The van der Waals surface area contributed by atoms with Gasteiger partial charge < -0.3 is 15.4 Å². The SMILES string of the molecule is CCC1CCCCC1NCC(=O)NCCCOC. The van der Waals surface area contributed by atoms with Gasteiger partial charge in [-0.1, -0.05) is 26.2 Å². The van der Waals surface area contributed by atoms with E-state index in [0.29, 0.717) is 25.7 Å². The molecular formula is C14H28N2O2. The van der Waals surface area contributed by atoms with Gasteiger partial charge in [0.2, 0.25) is 5.91 Å². The van der Waals surface area contributed by atoms with Crippen LogP contribution in [0.25, 0.3) is 0 Å². The highest BCUT2D eigenvalue weighted by molar-refractivity contribution is 5.77.